The third-order valence-electron chi connectivity index (χ3n) is 2.71. The zero-order valence-corrected chi connectivity index (χ0v) is 12.3. The zero-order valence-electron chi connectivity index (χ0n) is 10.7. The molecule has 1 unspecified atom stereocenters. The lowest BCUT2D eigenvalue weighted by Crippen LogP contribution is -2.18. The predicted octanol–water partition coefficient (Wildman–Crippen LogP) is 3.13. The molecule has 0 saturated heterocycles. The molecule has 2 aromatic heterocycles. The Morgan fingerprint density at radius 3 is 2.89 bits per heavy atom. The fraction of sp³-hybridized carbons (Fsp3) is 0.308. The standard InChI is InChI=1S/C13H16N4S2/c1-2-4-9(10-5-3-8-19-10)17-13-11(12(14)18)15-6-7-16-13/h3,5-9H,2,4H2,1H3,(H2,14,18)(H,16,17). The fourth-order valence-corrected chi connectivity index (χ4v) is 2.81. The molecule has 0 aliphatic heterocycles. The number of nitrogens with two attached hydrogens (primary N) is 1. The summed E-state index contributed by atoms with van der Waals surface area (Å²) < 4.78 is 0. The first-order valence-electron chi connectivity index (χ1n) is 6.13. The summed E-state index contributed by atoms with van der Waals surface area (Å²) in [6.45, 7) is 2.16. The van der Waals surface area contributed by atoms with Crippen molar-refractivity contribution in [1.82, 2.24) is 9.97 Å². The lowest BCUT2D eigenvalue weighted by atomic mass is 10.1. The van der Waals surface area contributed by atoms with E-state index in [0.29, 0.717) is 11.5 Å². The van der Waals surface area contributed by atoms with Crippen LogP contribution < -0.4 is 11.1 Å². The van der Waals surface area contributed by atoms with Crippen LogP contribution in [0.1, 0.15) is 36.4 Å². The molecule has 1 atom stereocenters. The summed E-state index contributed by atoms with van der Waals surface area (Å²) in [5.74, 6) is 0.654. The van der Waals surface area contributed by atoms with Gasteiger partial charge in [0.1, 0.15) is 10.7 Å². The molecule has 4 nitrogen and oxygen atoms in total. The second kappa shape index (κ2) is 6.58. The van der Waals surface area contributed by atoms with Crippen LogP contribution >= 0.6 is 23.6 Å². The Bertz CT molecular complexity index is 539. The van der Waals surface area contributed by atoms with Crippen LogP contribution in [0.3, 0.4) is 0 Å². The summed E-state index contributed by atoms with van der Waals surface area (Å²) in [5, 5.41) is 5.48. The summed E-state index contributed by atoms with van der Waals surface area (Å²) in [4.78, 5) is 10.0. The summed E-state index contributed by atoms with van der Waals surface area (Å²) in [7, 11) is 0. The van der Waals surface area contributed by atoms with Crippen molar-refractivity contribution in [3.05, 3.63) is 40.5 Å². The smallest absolute Gasteiger partial charge is 0.155 e. The van der Waals surface area contributed by atoms with Gasteiger partial charge in [0, 0.05) is 17.3 Å². The van der Waals surface area contributed by atoms with Crippen LogP contribution in [0.4, 0.5) is 5.82 Å². The number of nitrogens with zero attached hydrogens (tertiary/aromatic N) is 2. The van der Waals surface area contributed by atoms with E-state index >= 15 is 0 Å². The molecule has 0 bridgehead atoms. The van der Waals surface area contributed by atoms with Crippen molar-refractivity contribution >= 4 is 34.4 Å². The average molecular weight is 292 g/mol. The van der Waals surface area contributed by atoms with Gasteiger partial charge in [-0.15, -0.1) is 11.3 Å². The Morgan fingerprint density at radius 1 is 1.47 bits per heavy atom. The molecule has 0 aliphatic carbocycles. The van der Waals surface area contributed by atoms with E-state index in [0.717, 1.165) is 12.8 Å². The van der Waals surface area contributed by atoms with Crippen LogP contribution in [-0.4, -0.2) is 15.0 Å². The topological polar surface area (TPSA) is 63.8 Å². The van der Waals surface area contributed by atoms with Crippen LogP contribution in [0, 0.1) is 0 Å². The van der Waals surface area contributed by atoms with E-state index in [1.165, 1.54) is 4.88 Å². The summed E-state index contributed by atoms with van der Waals surface area (Å²) >= 11 is 6.73. The Balaban J connectivity index is 2.25. The number of hydrogen-bond donors (Lipinski definition) is 2. The predicted molar refractivity (Wildman–Crippen MR) is 83.5 cm³/mol. The second-order valence-electron chi connectivity index (χ2n) is 4.12. The molecule has 0 spiro atoms. The third kappa shape index (κ3) is 3.48. The highest BCUT2D eigenvalue weighted by atomic mass is 32.1. The maximum Gasteiger partial charge on any atom is 0.155 e. The lowest BCUT2D eigenvalue weighted by molar-refractivity contribution is 0.684. The minimum Gasteiger partial charge on any atom is -0.388 e. The van der Waals surface area contributed by atoms with Crippen LogP contribution in [0.25, 0.3) is 0 Å². The van der Waals surface area contributed by atoms with Gasteiger partial charge in [-0.25, -0.2) is 9.97 Å². The Morgan fingerprint density at radius 2 is 2.26 bits per heavy atom. The van der Waals surface area contributed by atoms with Crippen molar-refractivity contribution < 1.29 is 0 Å². The molecule has 0 aliphatic rings. The van der Waals surface area contributed by atoms with E-state index in [9.17, 15) is 0 Å². The van der Waals surface area contributed by atoms with Gasteiger partial charge in [-0.3, -0.25) is 0 Å². The fourth-order valence-electron chi connectivity index (χ4n) is 1.85. The van der Waals surface area contributed by atoms with E-state index < -0.39 is 0 Å². The van der Waals surface area contributed by atoms with Gasteiger partial charge in [0.25, 0.3) is 0 Å². The molecule has 2 aromatic rings. The van der Waals surface area contributed by atoms with Crippen molar-refractivity contribution in [3.8, 4) is 0 Å². The summed E-state index contributed by atoms with van der Waals surface area (Å²) in [5.41, 5.74) is 6.23. The summed E-state index contributed by atoms with van der Waals surface area (Å²) in [6.07, 6.45) is 5.34. The van der Waals surface area contributed by atoms with Gasteiger partial charge in [0.2, 0.25) is 0 Å². The van der Waals surface area contributed by atoms with Crippen LogP contribution in [-0.2, 0) is 0 Å². The third-order valence-corrected chi connectivity index (χ3v) is 3.89. The molecule has 0 fully saturated rings. The second-order valence-corrected chi connectivity index (χ2v) is 5.54. The highest BCUT2D eigenvalue weighted by Gasteiger charge is 2.15. The van der Waals surface area contributed by atoms with Gasteiger partial charge in [-0.2, -0.15) is 0 Å². The molecule has 0 saturated carbocycles. The number of hydrogen-bond acceptors (Lipinski definition) is 5. The largest absolute Gasteiger partial charge is 0.388 e. The molecule has 0 radical (unpaired) electrons. The van der Waals surface area contributed by atoms with Crippen molar-refractivity contribution in [2.24, 2.45) is 5.73 Å². The Labute approximate surface area is 122 Å². The van der Waals surface area contributed by atoms with Crippen LogP contribution in [0.5, 0.6) is 0 Å². The van der Waals surface area contributed by atoms with Crippen molar-refractivity contribution in [2.45, 2.75) is 25.8 Å². The van der Waals surface area contributed by atoms with Gasteiger partial charge in [-0.1, -0.05) is 31.6 Å². The van der Waals surface area contributed by atoms with Crippen molar-refractivity contribution in [3.63, 3.8) is 0 Å². The normalized spacial score (nSPS) is 12.1. The monoisotopic (exact) mass is 292 g/mol. The van der Waals surface area contributed by atoms with Gasteiger partial charge >= 0.3 is 0 Å². The van der Waals surface area contributed by atoms with Gasteiger partial charge in [0.05, 0.1) is 6.04 Å². The van der Waals surface area contributed by atoms with Crippen molar-refractivity contribution in [1.29, 1.82) is 0 Å². The number of thiophene rings is 1. The highest BCUT2D eigenvalue weighted by Crippen LogP contribution is 2.27. The maximum atomic E-state index is 5.67. The molecule has 6 heteroatoms. The average Bonchev–Trinajstić information content (AvgIpc) is 2.92. The first-order chi connectivity index (χ1) is 9.22. The van der Waals surface area contributed by atoms with E-state index in [-0.39, 0.29) is 11.0 Å². The number of nitrogens with one attached hydrogen (secondary N) is 1. The number of thiocarbonyl (C=S) groups is 1. The number of rotatable bonds is 6. The minimum atomic E-state index is 0.217. The van der Waals surface area contributed by atoms with E-state index in [2.05, 4.69) is 39.7 Å². The van der Waals surface area contributed by atoms with Crippen molar-refractivity contribution in [2.75, 3.05) is 5.32 Å². The van der Waals surface area contributed by atoms with Gasteiger partial charge < -0.3 is 11.1 Å². The Kier molecular flexibility index (Phi) is 4.81. The molecular formula is C13H16N4S2. The van der Waals surface area contributed by atoms with Crippen LogP contribution in [0.2, 0.25) is 0 Å². The SMILES string of the molecule is CCCC(Nc1nccnc1C(N)=S)c1cccs1. The number of aromatic nitrogens is 2. The first-order valence-corrected chi connectivity index (χ1v) is 7.42. The van der Waals surface area contributed by atoms with E-state index in [1.54, 1.807) is 23.7 Å². The lowest BCUT2D eigenvalue weighted by Gasteiger charge is -2.18. The molecule has 2 heterocycles. The molecule has 3 N–H and O–H groups in total. The zero-order chi connectivity index (χ0) is 13.7. The highest BCUT2D eigenvalue weighted by molar-refractivity contribution is 7.80. The van der Waals surface area contributed by atoms with Gasteiger partial charge in [0.15, 0.2) is 5.82 Å². The Hall–Kier alpha value is -1.53. The van der Waals surface area contributed by atoms with Crippen LogP contribution in [0.15, 0.2) is 29.9 Å². The molecular weight excluding hydrogens is 276 g/mol. The van der Waals surface area contributed by atoms with Gasteiger partial charge in [-0.05, 0) is 17.9 Å². The summed E-state index contributed by atoms with van der Waals surface area (Å²) in [6, 6.07) is 4.39. The number of anilines is 1. The molecule has 100 valence electrons. The minimum absolute atomic E-state index is 0.217. The van der Waals surface area contributed by atoms with E-state index in [1.807, 2.05) is 0 Å². The molecule has 2 rings (SSSR count). The molecule has 0 aromatic carbocycles. The molecule has 0 amide bonds. The molecule has 19 heavy (non-hydrogen) atoms. The quantitative estimate of drug-likeness (QED) is 0.801. The maximum absolute atomic E-state index is 5.67. The first kappa shape index (κ1) is 13.9. The van der Waals surface area contributed by atoms with E-state index in [4.69, 9.17) is 18.0 Å².